The van der Waals surface area contributed by atoms with Gasteiger partial charge in [-0.3, -0.25) is 33.6 Å². The Balaban J connectivity index is 1.26. The second kappa shape index (κ2) is 9.11. The molecule has 0 bridgehead atoms. The van der Waals surface area contributed by atoms with Gasteiger partial charge in [0.2, 0.25) is 0 Å². The van der Waals surface area contributed by atoms with Gasteiger partial charge in [-0.25, -0.2) is 0 Å². The van der Waals surface area contributed by atoms with Gasteiger partial charge >= 0.3 is 0 Å². The van der Waals surface area contributed by atoms with Crippen LogP contribution in [0.5, 0.6) is 0 Å². The van der Waals surface area contributed by atoms with E-state index < -0.39 is 64.3 Å². The molecule has 2 saturated heterocycles. The van der Waals surface area contributed by atoms with Gasteiger partial charge in [0.1, 0.15) is 11.8 Å². The highest BCUT2D eigenvalue weighted by atomic mass is 16.2. The molecule has 2 N–H and O–H groups in total. The number of carbonyl (C=O) groups is 7. The number of carbonyl (C=O) groups excluding carboxylic acids is 7. The van der Waals surface area contributed by atoms with Crippen LogP contribution in [0.4, 0.5) is 0 Å². The van der Waals surface area contributed by atoms with E-state index in [0.717, 1.165) is 6.42 Å². The molecule has 4 atom stereocenters. The molecular formula is C29H24N2O7. The van der Waals surface area contributed by atoms with E-state index >= 15 is 0 Å². The lowest BCUT2D eigenvalue weighted by molar-refractivity contribution is -0.123. The minimum Gasteiger partial charge on any atom is -0.316 e. The molecule has 2 aliphatic carbocycles. The Labute approximate surface area is 217 Å². The minimum absolute atomic E-state index is 0.0282. The molecule has 0 amide bonds. The van der Waals surface area contributed by atoms with Gasteiger partial charge in [-0.2, -0.15) is 0 Å². The standard InChI is InChI=1S/C29H24N2O7/c32-23(13-3-5-16-18(10-13)27(36)21(25(16)34)24(33)15-7-9-30-12-15)14-4-6-17-19(11-14)28(37)22(26(17)35)29(38)20-2-1-8-31-20/h3-6,10-11,15,20-22,30-31H,1-2,7-9,12H2/t15-,20-,21?,22?/m1/s1. The highest BCUT2D eigenvalue weighted by Crippen LogP contribution is 2.33. The topological polar surface area (TPSA) is 144 Å². The number of Topliss-reactive ketones (excluding diaryl/α,β-unsaturated/α-hetero) is 6. The molecule has 9 heteroatoms. The van der Waals surface area contributed by atoms with Crippen LogP contribution in [0.2, 0.25) is 0 Å². The molecular weight excluding hydrogens is 488 g/mol. The maximum Gasteiger partial charge on any atom is 0.193 e. The number of benzene rings is 2. The molecule has 2 heterocycles. The quantitative estimate of drug-likeness (QED) is 0.434. The zero-order valence-electron chi connectivity index (χ0n) is 20.4. The van der Waals surface area contributed by atoms with Crippen molar-refractivity contribution in [2.45, 2.75) is 25.3 Å². The van der Waals surface area contributed by atoms with Crippen LogP contribution in [-0.2, 0) is 9.59 Å². The van der Waals surface area contributed by atoms with Gasteiger partial charge in [-0.05, 0) is 56.6 Å². The van der Waals surface area contributed by atoms with Crippen molar-refractivity contribution in [2.24, 2.45) is 17.8 Å². The SMILES string of the molecule is O=C(c1ccc2c(c1)C(=O)C(C(=O)[C@@H]1CCNC1)C2=O)c1ccc2c(c1)C(=O)C(C(=O)[C@H]1CCCN1)C2=O. The van der Waals surface area contributed by atoms with Crippen LogP contribution in [-0.4, -0.2) is 66.2 Å². The molecule has 38 heavy (non-hydrogen) atoms. The van der Waals surface area contributed by atoms with Crippen molar-refractivity contribution >= 4 is 40.5 Å². The molecule has 6 rings (SSSR count). The van der Waals surface area contributed by atoms with Crippen LogP contribution in [0.3, 0.4) is 0 Å². The van der Waals surface area contributed by atoms with Gasteiger partial charge in [-0.15, -0.1) is 0 Å². The molecule has 0 saturated carbocycles. The lowest BCUT2D eigenvalue weighted by Gasteiger charge is -2.12. The first-order chi connectivity index (χ1) is 18.3. The molecule has 2 aliphatic heterocycles. The molecule has 2 unspecified atom stereocenters. The Morgan fingerprint density at radius 1 is 0.658 bits per heavy atom. The van der Waals surface area contributed by atoms with Crippen LogP contribution in [0.1, 0.15) is 76.6 Å². The van der Waals surface area contributed by atoms with E-state index in [9.17, 15) is 33.6 Å². The van der Waals surface area contributed by atoms with E-state index in [1.807, 2.05) is 0 Å². The monoisotopic (exact) mass is 512 g/mol. The first kappa shape index (κ1) is 24.4. The highest BCUT2D eigenvalue weighted by molar-refractivity contribution is 6.37. The van der Waals surface area contributed by atoms with Crippen molar-refractivity contribution in [1.29, 1.82) is 0 Å². The van der Waals surface area contributed by atoms with Crippen LogP contribution in [0.15, 0.2) is 36.4 Å². The van der Waals surface area contributed by atoms with E-state index in [2.05, 4.69) is 10.6 Å². The Morgan fingerprint density at radius 2 is 1.21 bits per heavy atom. The van der Waals surface area contributed by atoms with E-state index in [-0.39, 0.29) is 33.4 Å². The van der Waals surface area contributed by atoms with Gasteiger partial charge in [0.25, 0.3) is 0 Å². The largest absolute Gasteiger partial charge is 0.316 e. The predicted molar refractivity (Wildman–Crippen MR) is 133 cm³/mol. The first-order valence-corrected chi connectivity index (χ1v) is 12.8. The van der Waals surface area contributed by atoms with Crippen molar-refractivity contribution in [1.82, 2.24) is 10.6 Å². The molecule has 2 fully saturated rings. The van der Waals surface area contributed by atoms with Crippen molar-refractivity contribution < 1.29 is 33.6 Å². The molecule has 9 nitrogen and oxygen atoms in total. The van der Waals surface area contributed by atoms with Crippen LogP contribution < -0.4 is 10.6 Å². The first-order valence-electron chi connectivity index (χ1n) is 12.8. The van der Waals surface area contributed by atoms with Gasteiger partial charge in [0.15, 0.2) is 40.5 Å². The summed E-state index contributed by atoms with van der Waals surface area (Å²) in [5, 5.41) is 6.08. The third-order valence-corrected chi connectivity index (χ3v) is 8.11. The second-order valence-electron chi connectivity index (χ2n) is 10.3. The Hall–Kier alpha value is -3.95. The number of hydrogen-bond acceptors (Lipinski definition) is 9. The molecule has 0 radical (unpaired) electrons. The van der Waals surface area contributed by atoms with Crippen LogP contribution in [0.25, 0.3) is 0 Å². The fourth-order valence-corrected chi connectivity index (χ4v) is 6.01. The summed E-state index contributed by atoms with van der Waals surface area (Å²) < 4.78 is 0. The third kappa shape index (κ3) is 3.65. The fourth-order valence-electron chi connectivity index (χ4n) is 6.01. The Bertz CT molecular complexity index is 1370. The number of nitrogens with one attached hydrogen (secondary N) is 2. The van der Waals surface area contributed by atoms with E-state index in [4.69, 9.17) is 0 Å². The number of ketones is 7. The maximum atomic E-state index is 13.3. The normalized spacial score (nSPS) is 26.1. The van der Waals surface area contributed by atoms with Crippen molar-refractivity contribution in [3.05, 3.63) is 69.8 Å². The Morgan fingerprint density at radius 3 is 1.71 bits per heavy atom. The minimum atomic E-state index is -1.40. The van der Waals surface area contributed by atoms with Gasteiger partial charge in [-0.1, -0.05) is 12.1 Å². The summed E-state index contributed by atoms with van der Waals surface area (Å²) in [6, 6.07) is 7.68. The lowest BCUT2D eigenvalue weighted by Crippen LogP contribution is -2.39. The lowest BCUT2D eigenvalue weighted by atomic mass is 9.88. The average molecular weight is 513 g/mol. The average Bonchev–Trinajstić information content (AvgIpc) is 3.72. The van der Waals surface area contributed by atoms with Crippen LogP contribution in [0, 0.1) is 17.8 Å². The highest BCUT2D eigenvalue weighted by Gasteiger charge is 2.47. The smallest absolute Gasteiger partial charge is 0.193 e. The summed E-state index contributed by atoms with van der Waals surface area (Å²) >= 11 is 0. The van der Waals surface area contributed by atoms with E-state index in [1.54, 1.807) is 0 Å². The third-order valence-electron chi connectivity index (χ3n) is 8.11. The number of fused-ring (bicyclic) bond motifs is 2. The summed E-state index contributed by atoms with van der Waals surface area (Å²) in [4.78, 5) is 90.9. The van der Waals surface area contributed by atoms with Crippen molar-refractivity contribution in [3.63, 3.8) is 0 Å². The summed E-state index contributed by atoms with van der Waals surface area (Å²) in [6.07, 6.45) is 1.93. The summed E-state index contributed by atoms with van der Waals surface area (Å²) in [6.45, 7) is 1.73. The van der Waals surface area contributed by atoms with Crippen molar-refractivity contribution in [2.75, 3.05) is 19.6 Å². The van der Waals surface area contributed by atoms with Gasteiger partial charge < -0.3 is 10.6 Å². The van der Waals surface area contributed by atoms with Crippen molar-refractivity contribution in [3.8, 4) is 0 Å². The zero-order chi connectivity index (χ0) is 26.7. The molecule has 2 aromatic rings. The molecule has 0 aromatic heterocycles. The summed E-state index contributed by atoms with van der Waals surface area (Å²) in [7, 11) is 0. The van der Waals surface area contributed by atoms with E-state index in [0.29, 0.717) is 32.5 Å². The van der Waals surface area contributed by atoms with Gasteiger partial charge in [0.05, 0.1) is 6.04 Å². The summed E-state index contributed by atoms with van der Waals surface area (Å²) in [5.41, 5.74) is 0.513. The number of rotatable bonds is 6. The second-order valence-corrected chi connectivity index (χ2v) is 10.3. The molecule has 0 spiro atoms. The van der Waals surface area contributed by atoms with Crippen LogP contribution >= 0.6 is 0 Å². The zero-order valence-corrected chi connectivity index (χ0v) is 20.4. The Kier molecular flexibility index (Phi) is 5.85. The maximum absolute atomic E-state index is 13.3. The fraction of sp³-hybridized carbons (Fsp3) is 0.345. The molecule has 2 aromatic carbocycles. The summed E-state index contributed by atoms with van der Waals surface area (Å²) in [5.74, 6) is -6.86. The van der Waals surface area contributed by atoms with Gasteiger partial charge in [0, 0.05) is 45.8 Å². The number of hydrogen-bond donors (Lipinski definition) is 2. The molecule has 4 aliphatic rings. The van der Waals surface area contributed by atoms with E-state index in [1.165, 1.54) is 36.4 Å². The predicted octanol–water partition coefficient (Wildman–Crippen LogP) is 1.41. The molecule has 192 valence electrons.